The summed E-state index contributed by atoms with van der Waals surface area (Å²) in [5.41, 5.74) is 7.35. The predicted molar refractivity (Wildman–Crippen MR) is 105 cm³/mol. The van der Waals surface area contributed by atoms with E-state index >= 15 is 0 Å². The number of para-hydroxylation sites is 1. The van der Waals surface area contributed by atoms with Crippen molar-refractivity contribution < 1.29 is 9.53 Å². The van der Waals surface area contributed by atoms with Gasteiger partial charge in [-0.2, -0.15) is 0 Å². The van der Waals surface area contributed by atoms with Crippen LogP contribution in [-0.2, 0) is 4.74 Å². The van der Waals surface area contributed by atoms with Crippen molar-refractivity contribution in [2.45, 2.75) is 6.92 Å². The molecule has 6 heteroatoms. The Balaban J connectivity index is 2.16. The lowest BCUT2D eigenvalue weighted by atomic mass is 10.1. The number of aromatic nitrogens is 2. The number of carbonyl (C=O) groups is 1. The van der Waals surface area contributed by atoms with E-state index in [0.717, 1.165) is 5.39 Å². The van der Waals surface area contributed by atoms with E-state index in [2.05, 4.69) is 4.98 Å². The summed E-state index contributed by atoms with van der Waals surface area (Å²) in [6.07, 6.45) is 1.65. The van der Waals surface area contributed by atoms with Gasteiger partial charge >= 0.3 is 5.97 Å². The number of hydrogen-bond acceptors (Lipinski definition) is 5. The van der Waals surface area contributed by atoms with Crippen molar-refractivity contribution in [2.24, 2.45) is 0 Å². The minimum atomic E-state index is -0.562. The van der Waals surface area contributed by atoms with Gasteiger partial charge in [-0.15, -0.1) is 0 Å². The molecule has 0 aliphatic heterocycles. The van der Waals surface area contributed by atoms with E-state index in [1.807, 2.05) is 24.3 Å². The maximum atomic E-state index is 13.2. The molecule has 0 aliphatic carbocycles. The Kier molecular flexibility index (Phi) is 4.08. The average Bonchev–Trinajstić information content (AvgIpc) is 2.68. The molecule has 0 spiro atoms. The minimum Gasteiger partial charge on any atom is -0.462 e. The normalized spacial score (nSPS) is 11.0. The fourth-order valence-electron chi connectivity index (χ4n) is 3.29. The topological polar surface area (TPSA) is 87.2 Å². The van der Waals surface area contributed by atoms with E-state index < -0.39 is 5.97 Å². The zero-order valence-electron chi connectivity index (χ0n) is 14.7. The van der Waals surface area contributed by atoms with E-state index in [0.29, 0.717) is 22.0 Å². The highest BCUT2D eigenvalue weighted by molar-refractivity contribution is 6.08. The molecule has 0 aliphatic rings. The zero-order valence-corrected chi connectivity index (χ0v) is 14.7. The summed E-state index contributed by atoms with van der Waals surface area (Å²) in [5.74, 6) is -0.525. The molecule has 0 saturated carbocycles. The molecule has 6 nitrogen and oxygen atoms in total. The number of esters is 1. The molecule has 0 bridgehead atoms. The van der Waals surface area contributed by atoms with Gasteiger partial charge in [0.25, 0.3) is 5.56 Å². The number of benzene rings is 2. The molecule has 0 atom stereocenters. The van der Waals surface area contributed by atoms with E-state index in [1.165, 1.54) is 4.57 Å². The number of ether oxygens (including phenoxy) is 1. The van der Waals surface area contributed by atoms with Gasteiger partial charge in [0.2, 0.25) is 0 Å². The fraction of sp³-hybridized carbons (Fsp3) is 0.0952. The van der Waals surface area contributed by atoms with Crippen LogP contribution in [0.25, 0.3) is 27.4 Å². The minimum absolute atomic E-state index is 0.0373. The predicted octanol–water partition coefficient (Wildman–Crippen LogP) is 3.30. The van der Waals surface area contributed by atoms with Crippen LogP contribution in [0.2, 0.25) is 0 Å². The molecule has 2 aromatic carbocycles. The molecule has 134 valence electrons. The molecule has 0 fully saturated rings. The smallest absolute Gasteiger partial charge is 0.342 e. The largest absolute Gasteiger partial charge is 0.462 e. The van der Waals surface area contributed by atoms with E-state index in [-0.39, 0.29) is 23.5 Å². The number of hydrogen-bond donors (Lipinski definition) is 1. The lowest BCUT2D eigenvalue weighted by Crippen LogP contribution is -2.25. The van der Waals surface area contributed by atoms with Gasteiger partial charge in [-0.25, -0.2) is 4.79 Å². The van der Waals surface area contributed by atoms with E-state index in [4.69, 9.17) is 10.5 Å². The Morgan fingerprint density at radius 1 is 1.07 bits per heavy atom. The van der Waals surface area contributed by atoms with Crippen molar-refractivity contribution in [2.75, 3.05) is 12.3 Å². The number of rotatable bonds is 3. The quantitative estimate of drug-likeness (QED) is 0.567. The van der Waals surface area contributed by atoms with Crippen LogP contribution in [0.1, 0.15) is 17.3 Å². The van der Waals surface area contributed by atoms with Crippen LogP contribution < -0.4 is 11.3 Å². The third kappa shape index (κ3) is 2.62. The van der Waals surface area contributed by atoms with E-state index in [1.54, 1.807) is 43.5 Å². The first-order valence-corrected chi connectivity index (χ1v) is 8.58. The van der Waals surface area contributed by atoms with Crippen molar-refractivity contribution in [1.82, 2.24) is 9.55 Å². The molecule has 4 rings (SSSR count). The second-order valence-corrected chi connectivity index (χ2v) is 6.02. The molecule has 2 N–H and O–H groups in total. The van der Waals surface area contributed by atoms with Crippen molar-refractivity contribution >= 4 is 33.5 Å². The van der Waals surface area contributed by atoms with E-state index in [9.17, 15) is 9.59 Å². The fourth-order valence-corrected chi connectivity index (χ4v) is 3.29. The summed E-state index contributed by atoms with van der Waals surface area (Å²) in [6, 6.07) is 16.1. The van der Waals surface area contributed by atoms with Gasteiger partial charge < -0.3 is 10.5 Å². The number of fused-ring (bicyclic) bond motifs is 2. The molecule has 2 aromatic heterocycles. The third-order valence-electron chi connectivity index (χ3n) is 4.46. The summed E-state index contributed by atoms with van der Waals surface area (Å²) in [5, 5.41) is 1.73. The highest BCUT2D eigenvalue weighted by Crippen LogP contribution is 2.27. The zero-order chi connectivity index (χ0) is 19.0. The van der Waals surface area contributed by atoms with Gasteiger partial charge in [0.05, 0.1) is 17.8 Å². The maximum absolute atomic E-state index is 13.2. The Bertz CT molecular complexity index is 1240. The van der Waals surface area contributed by atoms with Gasteiger partial charge in [0.1, 0.15) is 11.4 Å². The second kappa shape index (κ2) is 6.57. The Morgan fingerprint density at radius 3 is 2.59 bits per heavy atom. The van der Waals surface area contributed by atoms with Gasteiger partial charge in [0, 0.05) is 22.4 Å². The second-order valence-electron chi connectivity index (χ2n) is 6.02. The van der Waals surface area contributed by atoms with Gasteiger partial charge in [-0.05, 0) is 25.1 Å². The summed E-state index contributed by atoms with van der Waals surface area (Å²) in [7, 11) is 0. The summed E-state index contributed by atoms with van der Waals surface area (Å²) in [4.78, 5) is 30.2. The van der Waals surface area contributed by atoms with Gasteiger partial charge in [-0.3, -0.25) is 14.3 Å². The molecule has 0 amide bonds. The highest BCUT2D eigenvalue weighted by Gasteiger charge is 2.22. The first kappa shape index (κ1) is 16.8. The maximum Gasteiger partial charge on any atom is 0.342 e. The molecule has 0 saturated heterocycles. The Morgan fingerprint density at radius 2 is 1.81 bits per heavy atom. The first-order valence-electron chi connectivity index (χ1n) is 8.58. The standard InChI is InChI=1S/C21H17N3O3/c1-2-27-21(26)17-14-9-3-4-10-15(14)20(25)24(19(17)22)16-11-5-7-13-8-6-12-23-18(13)16/h3-12H,2,22H2,1H3. The number of anilines is 1. The summed E-state index contributed by atoms with van der Waals surface area (Å²) >= 11 is 0. The number of carbonyl (C=O) groups excluding carboxylic acids is 1. The van der Waals surface area contributed by atoms with Gasteiger partial charge in [-0.1, -0.05) is 36.4 Å². The third-order valence-corrected chi connectivity index (χ3v) is 4.46. The lowest BCUT2D eigenvalue weighted by Gasteiger charge is -2.17. The lowest BCUT2D eigenvalue weighted by molar-refractivity contribution is 0.0529. The average molecular weight is 359 g/mol. The molecule has 4 aromatic rings. The van der Waals surface area contributed by atoms with Crippen LogP contribution in [0.4, 0.5) is 5.82 Å². The molecule has 0 unspecified atom stereocenters. The van der Waals surface area contributed by atoms with Gasteiger partial charge in [0.15, 0.2) is 0 Å². The van der Waals surface area contributed by atoms with Crippen LogP contribution in [0.3, 0.4) is 0 Å². The van der Waals surface area contributed by atoms with Crippen molar-refractivity contribution in [3.8, 4) is 5.69 Å². The number of nitrogens with zero attached hydrogens (tertiary/aromatic N) is 2. The molecule has 2 heterocycles. The monoisotopic (exact) mass is 359 g/mol. The number of nitrogens with two attached hydrogens (primary N) is 1. The van der Waals surface area contributed by atoms with Crippen LogP contribution in [-0.4, -0.2) is 22.1 Å². The summed E-state index contributed by atoms with van der Waals surface area (Å²) in [6.45, 7) is 1.93. The number of nitrogen functional groups attached to an aromatic ring is 1. The van der Waals surface area contributed by atoms with Crippen molar-refractivity contribution in [3.63, 3.8) is 0 Å². The van der Waals surface area contributed by atoms with Crippen LogP contribution in [0, 0.1) is 0 Å². The van der Waals surface area contributed by atoms with Crippen molar-refractivity contribution in [1.29, 1.82) is 0 Å². The Labute approximate surface area is 154 Å². The molecule has 27 heavy (non-hydrogen) atoms. The van der Waals surface area contributed by atoms with Crippen LogP contribution in [0.15, 0.2) is 65.6 Å². The Hall–Kier alpha value is -3.67. The SMILES string of the molecule is CCOC(=O)c1c(N)n(-c2cccc3cccnc23)c(=O)c2ccccc12. The van der Waals surface area contributed by atoms with Crippen LogP contribution >= 0.6 is 0 Å². The molecule has 0 radical (unpaired) electrons. The summed E-state index contributed by atoms with van der Waals surface area (Å²) < 4.78 is 6.52. The molecular weight excluding hydrogens is 342 g/mol. The number of pyridine rings is 2. The first-order chi connectivity index (χ1) is 13.1. The highest BCUT2D eigenvalue weighted by atomic mass is 16.5. The van der Waals surface area contributed by atoms with Crippen LogP contribution in [0.5, 0.6) is 0 Å². The molecular formula is C21H17N3O3. The van der Waals surface area contributed by atoms with Crippen molar-refractivity contribution in [3.05, 3.63) is 76.7 Å².